The molecule has 0 spiro atoms. The Morgan fingerprint density at radius 1 is 1.08 bits per heavy atom. The van der Waals surface area contributed by atoms with Gasteiger partial charge in [0.25, 0.3) is 0 Å². The number of aliphatic carboxylic acids is 1. The van der Waals surface area contributed by atoms with E-state index in [1.165, 1.54) is 12.8 Å². The minimum atomic E-state index is -1.04. The van der Waals surface area contributed by atoms with Crippen LogP contribution in [0.15, 0.2) is 24.3 Å². The molecule has 1 rings (SSSR count). The quantitative estimate of drug-likeness (QED) is 0.495. The molecule has 0 aromatic heterocycles. The lowest BCUT2D eigenvalue weighted by Crippen LogP contribution is -2.28. The summed E-state index contributed by atoms with van der Waals surface area (Å²) in [7, 11) is 0. The third-order valence-electron chi connectivity index (χ3n) is 3.62. The molecule has 1 atom stereocenters. The van der Waals surface area contributed by atoms with Crippen molar-refractivity contribution in [3.8, 4) is 5.75 Å². The summed E-state index contributed by atoms with van der Waals surface area (Å²) in [4.78, 5) is 23.5. The second-order valence-electron chi connectivity index (χ2n) is 7.16. The van der Waals surface area contributed by atoms with Crippen LogP contribution < -0.4 is 4.74 Å². The van der Waals surface area contributed by atoms with E-state index in [-0.39, 0.29) is 6.42 Å². The molecule has 0 fully saturated rings. The fourth-order valence-corrected chi connectivity index (χ4v) is 2.40. The average molecular weight is 350 g/mol. The van der Waals surface area contributed by atoms with Crippen LogP contribution >= 0.6 is 0 Å². The van der Waals surface area contributed by atoms with Crippen LogP contribution in [0.4, 0.5) is 0 Å². The van der Waals surface area contributed by atoms with Crippen LogP contribution in [-0.2, 0) is 14.3 Å². The summed E-state index contributed by atoms with van der Waals surface area (Å²) in [5.74, 6) is -1.66. The molecular formula is C20H30O5. The van der Waals surface area contributed by atoms with Gasteiger partial charge in [0.1, 0.15) is 11.4 Å². The van der Waals surface area contributed by atoms with E-state index in [1.54, 1.807) is 45.0 Å². The first kappa shape index (κ1) is 21.0. The molecule has 0 heterocycles. The smallest absolute Gasteiger partial charge is 0.314 e. The number of carboxylic acid groups (broad SMARTS) is 1. The molecule has 5 nitrogen and oxygen atoms in total. The van der Waals surface area contributed by atoms with Crippen molar-refractivity contribution >= 4 is 11.9 Å². The van der Waals surface area contributed by atoms with Gasteiger partial charge in [0, 0.05) is 0 Å². The van der Waals surface area contributed by atoms with E-state index >= 15 is 0 Å². The number of unbranched alkanes of at least 4 members (excludes halogenated alkanes) is 3. The molecule has 0 amide bonds. The molecule has 0 saturated heterocycles. The van der Waals surface area contributed by atoms with Crippen molar-refractivity contribution in [3.05, 3.63) is 29.8 Å². The molecule has 1 unspecified atom stereocenters. The summed E-state index contributed by atoms with van der Waals surface area (Å²) >= 11 is 0. The monoisotopic (exact) mass is 350 g/mol. The first-order valence-electron chi connectivity index (χ1n) is 8.90. The maximum absolute atomic E-state index is 12.3. The highest BCUT2D eigenvalue weighted by Crippen LogP contribution is 2.26. The van der Waals surface area contributed by atoms with Crippen molar-refractivity contribution in [1.29, 1.82) is 0 Å². The van der Waals surface area contributed by atoms with Gasteiger partial charge >= 0.3 is 11.9 Å². The maximum Gasteiger partial charge on any atom is 0.314 e. The van der Waals surface area contributed by atoms with Gasteiger partial charge < -0.3 is 14.6 Å². The Hall–Kier alpha value is -2.04. The minimum Gasteiger partial charge on any atom is -0.494 e. The van der Waals surface area contributed by atoms with Gasteiger partial charge in [0.05, 0.1) is 18.9 Å². The highest BCUT2D eigenvalue weighted by Gasteiger charge is 2.28. The average Bonchev–Trinajstić information content (AvgIpc) is 2.51. The summed E-state index contributed by atoms with van der Waals surface area (Å²) in [6.07, 6.45) is 4.24. The third-order valence-corrected chi connectivity index (χ3v) is 3.62. The van der Waals surface area contributed by atoms with Crippen LogP contribution in [0.1, 0.15) is 71.3 Å². The number of benzene rings is 1. The second kappa shape index (κ2) is 10.1. The molecule has 0 bridgehead atoms. The second-order valence-corrected chi connectivity index (χ2v) is 7.16. The molecule has 0 aliphatic carbocycles. The van der Waals surface area contributed by atoms with Gasteiger partial charge in [0.2, 0.25) is 0 Å². The molecule has 0 aliphatic heterocycles. The van der Waals surface area contributed by atoms with Crippen molar-refractivity contribution in [2.45, 2.75) is 71.3 Å². The molecule has 0 radical (unpaired) electrons. The Bertz CT molecular complexity index is 542. The van der Waals surface area contributed by atoms with Crippen molar-refractivity contribution in [3.63, 3.8) is 0 Å². The van der Waals surface area contributed by atoms with Crippen LogP contribution in [0.5, 0.6) is 5.75 Å². The zero-order valence-corrected chi connectivity index (χ0v) is 15.7. The summed E-state index contributed by atoms with van der Waals surface area (Å²) in [6, 6.07) is 7.01. The number of carbonyl (C=O) groups is 2. The normalized spacial score (nSPS) is 12.5. The van der Waals surface area contributed by atoms with Gasteiger partial charge in [0.15, 0.2) is 0 Å². The van der Waals surface area contributed by atoms with E-state index < -0.39 is 23.5 Å². The summed E-state index contributed by atoms with van der Waals surface area (Å²) in [5.41, 5.74) is -0.0370. The number of carbonyl (C=O) groups excluding carboxylic acids is 1. The van der Waals surface area contributed by atoms with Crippen LogP contribution in [-0.4, -0.2) is 29.3 Å². The Balaban J connectivity index is 2.72. The Morgan fingerprint density at radius 2 is 1.72 bits per heavy atom. The fourth-order valence-electron chi connectivity index (χ4n) is 2.40. The molecule has 0 aliphatic rings. The highest BCUT2D eigenvalue weighted by atomic mass is 16.6. The molecule has 1 aromatic carbocycles. The Kier molecular flexibility index (Phi) is 8.46. The molecular weight excluding hydrogens is 320 g/mol. The van der Waals surface area contributed by atoms with Crippen molar-refractivity contribution < 1.29 is 24.2 Å². The van der Waals surface area contributed by atoms with E-state index in [9.17, 15) is 9.59 Å². The fraction of sp³-hybridized carbons (Fsp3) is 0.600. The van der Waals surface area contributed by atoms with Crippen molar-refractivity contribution in [2.75, 3.05) is 6.61 Å². The molecule has 1 N–H and O–H groups in total. The lowest BCUT2D eigenvalue weighted by molar-refractivity contribution is -0.159. The van der Waals surface area contributed by atoms with Crippen LogP contribution in [0.25, 0.3) is 0 Å². The SMILES string of the molecule is CCCCCCOc1ccc(C(CC(=O)O)C(=O)OC(C)(C)C)cc1. The van der Waals surface area contributed by atoms with Gasteiger partial charge in [-0.25, -0.2) is 0 Å². The van der Waals surface area contributed by atoms with E-state index in [2.05, 4.69) is 6.92 Å². The van der Waals surface area contributed by atoms with Crippen molar-refractivity contribution in [2.24, 2.45) is 0 Å². The lowest BCUT2D eigenvalue weighted by Gasteiger charge is -2.23. The molecule has 140 valence electrons. The topological polar surface area (TPSA) is 72.8 Å². The number of hydrogen-bond donors (Lipinski definition) is 1. The summed E-state index contributed by atoms with van der Waals surface area (Å²) in [6.45, 7) is 8.11. The number of esters is 1. The summed E-state index contributed by atoms with van der Waals surface area (Å²) < 4.78 is 11.0. The highest BCUT2D eigenvalue weighted by molar-refractivity contribution is 5.84. The maximum atomic E-state index is 12.3. The van der Waals surface area contributed by atoms with Gasteiger partial charge in [-0.15, -0.1) is 0 Å². The van der Waals surface area contributed by atoms with Crippen LogP contribution in [0.3, 0.4) is 0 Å². The standard InChI is InChI=1S/C20H30O5/c1-5-6-7-8-13-24-16-11-9-15(10-12-16)17(14-18(21)22)19(23)25-20(2,3)4/h9-12,17H,5-8,13-14H2,1-4H3,(H,21,22). The number of ether oxygens (including phenoxy) is 2. The molecule has 0 saturated carbocycles. The molecule has 1 aromatic rings. The van der Waals surface area contributed by atoms with E-state index in [4.69, 9.17) is 14.6 Å². The van der Waals surface area contributed by atoms with Crippen LogP contribution in [0, 0.1) is 0 Å². The third kappa shape index (κ3) is 8.57. The zero-order chi connectivity index (χ0) is 18.9. The molecule has 5 heteroatoms. The number of carboxylic acids is 1. The van der Waals surface area contributed by atoms with Gasteiger partial charge in [-0.05, 0) is 44.9 Å². The van der Waals surface area contributed by atoms with Crippen LogP contribution in [0.2, 0.25) is 0 Å². The molecule has 25 heavy (non-hydrogen) atoms. The lowest BCUT2D eigenvalue weighted by atomic mass is 9.95. The predicted octanol–water partition coefficient (Wildman–Crippen LogP) is 4.55. The van der Waals surface area contributed by atoms with E-state index in [1.807, 2.05) is 0 Å². The summed E-state index contributed by atoms with van der Waals surface area (Å²) in [5, 5.41) is 9.10. The van der Waals surface area contributed by atoms with Gasteiger partial charge in [-0.1, -0.05) is 38.3 Å². The van der Waals surface area contributed by atoms with E-state index in [0.717, 1.165) is 18.6 Å². The number of rotatable bonds is 10. The predicted molar refractivity (Wildman–Crippen MR) is 96.9 cm³/mol. The van der Waals surface area contributed by atoms with E-state index in [0.29, 0.717) is 12.2 Å². The largest absolute Gasteiger partial charge is 0.494 e. The van der Waals surface area contributed by atoms with Crippen molar-refractivity contribution in [1.82, 2.24) is 0 Å². The first-order chi connectivity index (χ1) is 11.7. The van der Waals surface area contributed by atoms with Gasteiger partial charge in [-0.2, -0.15) is 0 Å². The first-order valence-corrected chi connectivity index (χ1v) is 8.90. The zero-order valence-electron chi connectivity index (χ0n) is 15.7. The minimum absolute atomic E-state index is 0.299. The Morgan fingerprint density at radius 3 is 2.24 bits per heavy atom. The van der Waals surface area contributed by atoms with Gasteiger partial charge in [-0.3, -0.25) is 9.59 Å². The Labute approximate surface area is 150 Å². The number of hydrogen-bond acceptors (Lipinski definition) is 4.